The number of benzene rings is 1. The summed E-state index contributed by atoms with van der Waals surface area (Å²) in [5.74, 6) is 0.490. The van der Waals surface area contributed by atoms with Gasteiger partial charge in [-0.25, -0.2) is 5.01 Å². The second-order valence-corrected chi connectivity index (χ2v) is 5.21. The average Bonchev–Trinajstić information content (AvgIpc) is 2.42. The molecule has 0 aliphatic carbocycles. The Labute approximate surface area is 119 Å². The minimum Gasteiger partial charge on any atom is -0.304 e. The number of carbonyl (C=O) groups is 1. The summed E-state index contributed by atoms with van der Waals surface area (Å²) in [5.41, 5.74) is 4.71. The van der Waals surface area contributed by atoms with E-state index in [-0.39, 0.29) is 5.91 Å². The Bertz CT molecular complexity index is 430. The highest BCUT2D eigenvalue weighted by Crippen LogP contribution is 2.10. The minimum atomic E-state index is -0.0368. The fourth-order valence-corrected chi connectivity index (χ4v) is 2.39. The zero-order valence-electron chi connectivity index (χ0n) is 11.2. The highest BCUT2D eigenvalue weighted by atomic mass is 35.5. The molecule has 0 radical (unpaired) electrons. The third-order valence-electron chi connectivity index (χ3n) is 3.39. The first kappa shape index (κ1) is 14.3. The van der Waals surface area contributed by atoms with Gasteiger partial charge >= 0.3 is 0 Å². The van der Waals surface area contributed by atoms with E-state index >= 15 is 0 Å². The summed E-state index contributed by atoms with van der Waals surface area (Å²) >= 11 is 5.77. The van der Waals surface area contributed by atoms with Crippen LogP contribution in [0.2, 0.25) is 0 Å². The van der Waals surface area contributed by atoms with Gasteiger partial charge in [-0.15, -0.1) is 11.6 Å². The molecule has 1 heterocycles. The largest absolute Gasteiger partial charge is 0.304 e. The number of halogens is 1. The molecule has 2 rings (SSSR count). The van der Waals surface area contributed by atoms with E-state index in [0.717, 1.165) is 37.3 Å². The predicted molar refractivity (Wildman–Crippen MR) is 77.4 cm³/mol. The second kappa shape index (κ2) is 6.89. The van der Waals surface area contributed by atoms with E-state index < -0.39 is 0 Å². The molecule has 0 saturated carbocycles. The average molecular weight is 282 g/mol. The summed E-state index contributed by atoms with van der Waals surface area (Å²) in [6, 6.07) is 7.64. The van der Waals surface area contributed by atoms with Gasteiger partial charge in [-0.05, 0) is 25.1 Å². The number of nitrogens with zero attached hydrogens (tertiary/aromatic N) is 2. The summed E-state index contributed by atoms with van der Waals surface area (Å²) in [5, 5.41) is 1.99. The highest BCUT2D eigenvalue weighted by molar-refractivity contribution is 6.18. The van der Waals surface area contributed by atoms with E-state index in [4.69, 9.17) is 11.6 Å². The van der Waals surface area contributed by atoms with Crippen LogP contribution in [0.3, 0.4) is 0 Å². The maximum Gasteiger partial charge on any atom is 0.265 e. The van der Waals surface area contributed by atoms with Gasteiger partial charge in [-0.2, -0.15) is 0 Å². The molecular formula is C14H20ClN3O. The van der Waals surface area contributed by atoms with Crippen LogP contribution < -0.4 is 5.43 Å². The van der Waals surface area contributed by atoms with Crippen LogP contribution in [0.15, 0.2) is 24.3 Å². The van der Waals surface area contributed by atoms with Gasteiger partial charge < -0.3 is 4.90 Å². The number of hydrazine groups is 1. The molecular weight excluding hydrogens is 262 g/mol. The molecule has 5 heteroatoms. The molecule has 104 valence electrons. The third-order valence-corrected chi connectivity index (χ3v) is 3.58. The lowest BCUT2D eigenvalue weighted by molar-refractivity contribution is 0.0661. The molecule has 1 amide bonds. The molecule has 1 N–H and O–H groups in total. The molecule has 1 aromatic carbocycles. The number of likely N-dealkylation sites (N-methyl/N-ethyl adjacent to an activating group) is 1. The molecule has 1 saturated heterocycles. The van der Waals surface area contributed by atoms with Gasteiger partial charge in [0.2, 0.25) is 0 Å². The van der Waals surface area contributed by atoms with Crippen molar-refractivity contribution in [1.82, 2.24) is 15.3 Å². The fraction of sp³-hybridized carbons (Fsp3) is 0.500. The van der Waals surface area contributed by atoms with Crippen molar-refractivity contribution in [3.05, 3.63) is 35.4 Å². The lowest BCUT2D eigenvalue weighted by Gasteiger charge is -2.32. The number of rotatable bonds is 4. The van der Waals surface area contributed by atoms with Crippen molar-refractivity contribution in [3.8, 4) is 0 Å². The zero-order chi connectivity index (χ0) is 13.7. The van der Waals surface area contributed by atoms with Crippen molar-refractivity contribution in [2.45, 2.75) is 6.42 Å². The first-order valence-electron chi connectivity index (χ1n) is 6.59. The maximum atomic E-state index is 12.3. The van der Waals surface area contributed by atoms with Crippen LogP contribution in [0.4, 0.5) is 0 Å². The maximum absolute atomic E-state index is 12.3. The Balaban J connectivity index is 1.99. The van der Waals surface area contributed by atoms with Crippen LogP contribution in [0, 0.1) is 0 Å². The molecule has 0 unspecified atom stereocenters. The van der Waals surface area contributed by atoms with Crippen molar-refractivity contribution >= 4 is 17.5 Å². The summed E-state index contributed by atoms with van der Waals surface area (Å²) < 4.78 is 0. The number of amides is 1. The molecule has 1 fully saturated rings. The second-order valence-electron chi connectivity index (χ2n) is 4.83. The van der Waals surface area contributed by atoms with Crippen molar-refractivity contribution in [3.63, 3.8) is 0 Å². The van der Waals surface area contributed by atoms with Gasteiger partial charge in [-0.1, -0.05) is 18.2 Å². The zero-order valence-corrected chi connectivity index (χ0v) is 12.0. The first-order valence-corrected chi connectivity index (χ1v) is 7.12. The van der Waals surface area contributed by atoms with Crippen molar-refractivity contribution in [2.24, 2.45) is 0 Å². The van der Waals surface area contributed by atoms with Gasteiger partial charge in [0, 0.05) is 37.6 Å². The number of aryl methyl sites for hydroxylation is 1. The molecule has 1 aromatic rings. The van der Waals surface area contributed by atoms with E-state index in [2.05, 4.69) is 17.4 Å². The Hall–Kier alpha value is -1.10. The van der Waals surface area contributed by atoms with E-state index in [0.29, 0.717) is 12.3 Å². The SMILES string of the molecule is CN1CCN(NC(=O)c2ccccc2CCCl)CC1. The number of piperazine rings is 1. The van der Waals surface area contributed by atoms with Crippen LogP contribution >= 0.6 is 11.6 Å². The van der Waals surface area contributed by atoms with Gasteiger partial charge in [0.15, 0.2) is 0 Å². The smallest absolute Gasteiger partial charge is 0.265 e. The van der Waals surface area contributed by atoms with Crippen molar-refractivity contribution in [1.29, 1.82) is 0 Å². The Kier molecular flexibility index (Phi) is 5.19. The third kappa shape index (κ3) is 3.93. The molecule has 1 aliphatic heterocycles. The topological polar surface area (TPSA) is 35.6 Å². The van der Waals surface area contributed by atoms with Gasteiger partial charge in [0.25, 0.3) is 5.91 Å². The number of hydrogen-bond donors (Lipinski definition) is 1. The van der Waals surface area contributed by atoms with Crippen LogP contribution in [-0.4, -0.2) is 54.9 Å². The Morgan fingerprint density at radius 2 is 1.95 bits per heavy atom. The molecule has 0 atom stereocenters. The molecule has 4 nitrogen and oxygen atoms in total. The van der Waals surface area contributed by atoms with Crippen molar-refractivity contribution < 1.29 is 4.79 Å². The highest BCUT2D eigenvalue weighted by Gasteiger charge is 2.17. The lowest BCUT2D eigenvalue weighted by Crippen LogP contribution is -2.52. The molecule has 0 spiro atoms. The minimum absolute atomic E-state index is 0.0368. The van der Waals surface area contributed by atoms with Crippen molar-refractivity contribution in [2.75, 3.05) is 39.1 Å². The molecule has 19 heavy (non-hydrogen) atoms. The fourth-order valence-electron chi connectivity index (χ4n) is 2.18. The summed E-state index contributed by atoms with van der Waals surface area (Å²) in [6.07, 6.45) is 0.716. The number of nitrogens with one attached hydrogen (secondary N) is 1. The number of alkyl halides is 1. The molecule has 0 aromatic heterocycles. The number of carbonyl (C=O) groups excluding carboxylic acids is 1. The van der Waals surface area contributed by atoms with Gasteiger partial charge in [0.05, 0.1) is 0 Å². The van der Waals surface area contributed by atoms with E-state index in [1.807, 2.05) is 29.3 Å². The van der Waals surface area contributed by atoms with Crippen LogP contribution in [0.1, 0.15) is 15.9 Å². The predicted octanol–water partition coefficient (Wildman–Crippen LogP) is 1.36. The van der Waals surface area contributed by atoms with Crippen LogP contribution in [0.5, 0.6) is 0 Å². The van der Waals surface area contributed by atoms with E-state index in [1.165, 1.54) is 0 Å². The summed E-state index contributed by atoms with van der Waals surface area (Å²) in [7, 11) is 2.09. The lowest BCUT2D eigenvalue weighted by atomic mass is 10.1. The molecule has 0 bridgehead atoms. The number of hydrogen-bond acceptors (Lipinski definition) is 3. The normalized spacial score (nSPS) is 17.4. The summed E-state index contributed by atoms with van der Waals surface area (Å²) in [4.78, 5) is 14.5. The molecule has 1 aliphatic rings. The Morgan fingerprint density at radius 1 is 1.26 bits per heavy atom. The first-order chi connectivity index (χ1) is 9.20. The van der Waals surface area contributed by atoms with E-state index in [1.54, 1.807) is 0 Å². The van der Waals surface area contributed by atoms with Crippen LogP contribution in [-0.2, 0) is 6.42 Å². The standard InChI is InChI=1S/C14H20ClN3O/c1-17-8-10-18(11-9-17)16-14(19)13-5-3-2-4-12(13)6-7-15/h2-5H,6-11H2,1H3,(H,16,19). The van der Waals surface area contributed by atoms with Crippen LogP contribution in [0.25, 0.3) is 0 Å². The van der Waals surface area contributed by atoms with Gasteiger partial charge in [-0.3, -0.25) is 10.2 Å². The Morgan fingerprint density at radius 3 is 2.63 bits per heavy atom. The van der Waals surface area contributed by atoms with Gasteiger partial charge in [0.1, 0.15) is 0 Å². The monoisotopic (exact) mass is 281 g/mol. The van der Waals surface area contributed by atoms with E-state index in [9.17, 15) is 4.79 Å². The quantitative estimate of drug-likeness (QED) is 0.847. The summed E-state index contributed by atoms with van der Waals surface area (Å²) in [6.45, 7) is 3.67.